The number of carbonyl (C=O) groups excluding carboxylic acids is 1. The molecule has 1 aliphatic rings. The molecule has 3 nitrogen and oxygen atoms in total. The van der Waals surface area contributed by atoms with Gasteiger partial charge in [-0.05, 0) is 43.0 Å². The van der Waals surface area contributed by atoms with E-state index < -0.39 is 0 Å². The van der Waals surface area contributed by atoms with Crippen LogP contribution >= 0.6 is 11.6 Å². The van der Waals surface area contributed by atoms with Crippen molar-refractivity contribution in [2.75, 3.05) is 13.2 Å². The van der Waals surface area contributed by atoms with Crippen molar-refractivity contribution in [3.8, 4) is 5.75 Å². The zero-order valence-electron chi connectivity index (χ0n) is 13.1. The van der Waals surface area contributed by atoms with Gasteiger partial charge in [-0.1, -0.05) is 47.5 Å². The molecule has 3 rings (SSSR count). The fraction of sp³-hybridized carbons (Fsp3) is 0.316. The topological polar surface area (TPSA) is 38.3 Å². The van der Waals surface area contributed by atoms with Gasteiger partial charge in [0.2, 0.25) is 5.91 Å². The molecule has 1 N–H and O–H groups in total. The molecule has 23 heavy (non-hydrogen) atoms. The first-order chi connectivity index (χ1) is 11.1. The molecule has 1 aliphatic carbocycles. The van der Waals surface area contributed by atoms with Crippen LogP contribution in [0.2, 0.25) is 5.02 Å². The average Bonchev–Trinajstić information content (AvgIpc) is 3.34. The standard InChI is InChI=1S/C19H20ClNO2/c1-13-6-8-14(9-7-13)23-11-10-21-19(22)17-12-16(17)15-4-2-3-5-18(15)20/h2-9,16-17H,10-12H2,1H3,(H,21,22). The summed E-state index contributed by atoms with van der Waals surface area (Å²) in [6, 6.07) is 15.6. The highest BCUT2D eigenvalue weighted by Gasteiger charge is 2.44. The lowest BCUT2D eigenvalue weighted by molar-refractivity contribution is -0.122. The number of aryl methyl sites for hydroxylation is 1. The van der Waals surface area contributed by atoms with Crippen LogP contribution in [0, 0.1) is 12.8 Å². The summed E-state index contributed by atoms with van der Waals surface area (Å²) in [5, 5.41) is 3.68. The second-order valence-electron chi connectivity index (χ2n) is 5.92. The van der Waals surface area contributed by atoms with E-state index in [-0.39, 0.29) is 17.7 Å². The molecule has 0 aliphatic heterocycles. The van der Waals surface area contributed by atoms with Gasteiger partial charge in [0.05, 0.1) is 6.54 Å². The van der Waals surface area contributed by atoms with E-state index in [1.54, 1.807) is 0 Å². The molecule has 4 heteroatoms. The molecule has 1 amide bonds. The zero-order valence-corrected chi connectivity index (χ0v) is 13.8. The van der Waals surface area contributed by atoms with E-state index in [1.165, 1.54) is 5.56 Å². The van der Waals surface area contributed by atoms with Crippen molar-refractivity contribution in [2.24, 2.45) is 5.92 Å². The molecule has 0 spiro atoms. The molecule has 2 aromatic rings. The first-order valence-electron chi connectivity index (χ1n) is 7.87. The molecule has 0 heterocycles. The average molecular weight is 330 g/mol. The summed E-state index contributed by atoms with van der Waals surface area (Å²) < 4.78 is 5.61. The summed E-state index contributed by atoms with van der Waals surface area (Å²) in [5.41, 5.74) is 2.27. The third kappa shape index (κ3) is 4.05. The van der Waals surface area contributed by atoms with Gasteiger partial charge < -0.3 is 10.1 Å². The molecule has 2 aromatic carbocycles. The van der Waals surface area contributed by atoms with E-state index >= 15 is 0 Å². The molecular weight excluding hydrogens is 310 g/mol. The van der Waals surface area contributed by atoms with Crippen LogP contribution in [0.4, 0.5) is 0 Å². The van der Waals surface area contributed by atoms with Gasteiger partial charge in [-0.15, -0.1) is 0 Å². The zero-order chi connectivity index (χ0) is 16.2. The minimum atomic E-state index is 0.0364. The monoisotopic (exact) mass is 329 g/mol. The van der Waals surface area contributed by atoms with Crippen LogP contribution < -0.4 is 10.1 Å². The molecule has 0 radical (unpaired) electrons. The van der Waals surface area contributed by atoms with E-state index in [9.17, 15) is 4.79 Å². The highest BCUT2D eigenvalue weighted by Crippen LogP contribution is 2.49. The molecule has 1 saturated carbocycles. The Bertz CT molecular complexity index is 684. The van der Waals surface area contributed by atoms with Crippen LogP contribution in [0.25, 0.3) is 0 Å². The smallest absolute Gasteiger partial charge is 0.223 e. The molecule has 0 bridgehead atoms. The second-order valence-corrected chi connectivity index (χ2v) is 6.33. The minimum absolute atomic E-state index is 0.0364. The van der Waals surface area contributed by atoms with Gasteiger partial charge in [0.15, 0.2) is 0 Å². The number of rotatable bonds is 6. The Labute approximate surface area is 141 Å². The number of carbonyl (C=O) groups is 1. The predicted octanol–water partition coefficient (Wildman–Crippen LogP) is 3.95. The number of ether oxygens (including phenoxy) is 1. The van der Waals surface area contributed by atoms with Crippen LogP contribution in [-0.4, -0.2) is 19.1 Å². The Hall–Kier alpha value is -2.00. The number of nitrogens with one attached hydrogen (secondary N) is 1. The number of hydrogen-bond acceptors (Lipinski definition) is 2. The third-order valence-electron chi connectivity index (χ3n) is 4.12. The van der Waals surface area contributed by atoms with E-state index in [0.29, 0.717) is 13.2 Å². The lowest BCUT2D eigenvalue weighted by atomic mass is 10.1. The van der Waals surface area contributed by atoms with Crippen molar-refractivity contribution in [3.05, 3.63) is 64.7 Å². The van der Waals surface area contributed by atoms with Crippen LogP contribution in [0.5, 0.6) is 5.75 Å². The maximum absolute atomic E-state index is 12.1. The van der Waals surface area contributed by atoms with Gasteiger partial charge in [0, 0.05) is 10.9 Å². The van der Waals surface area contributed by atoms with Gasteiger partial charge in [-0.25, -0.2) is 0 Å². The molecule has 2 unspecified atom stereocenters. The van der Waals surface area contributed by atoms with Crippen LogP contribution in [0.3, 0.4) is 0 Å². The molecule has 1 fully saturated rings. The van der Waals surface area contributed by atoms with Crippen molar-refractivity contribution < 1.29 is 9.53 Å². The Morgan fingerprint density at radius 3 is 2.70 bits per heavy atom. The SMILES string of the molecule is Cc1ccc(OCCNC(=O)C2CC2c2ccccc2Cl)cc1. The Balaban J connectivity index is 1.41. The highest BCUT2D eigenvalue weighted by molar-refractivity contribution is 6.31. The number of hydrogen-bond donors (Lipinski definition) is 1. The Kier molecular flexibility index (Phi) is 4.87. The summed E-state index contributed by atoms with van der Waals surface area (Å²) in [7, 11) is 0. The maximum Gasteiger partial charge on any atom is 0.223 e. The maximum atomic E-state index is 12.1. The van der Waals surface area contributed by atoms with E-state index in [4.69, 9.17) is 16.3 Å². The predicted molar refractivity (Wildman–Crippen MR) is 92.0 cm³/mol. The summed E-state index contributed by atoms with van der Waals surface area (Å²) in [6.07, 6.45) is 0.869. The van der Waals surface area contributed by atoms with Gasteiger partial charge >= 0.3 is 0 Å². The van der Waals surface area contributed by atoms with Crippen molar-refractivity contribution in [2.45, 2.75) is 19.3 Å². The summed E-state index contributed by atoms with van der Waals surface area (Å²) in [4.78, 5) is 12.1. The number of halogens is 1. The fourth-order valence-electron chi connectivity index (χ4n) is 2.71. The Morgan fingerprint density at radius 1 is 1.22 bits per heavy atom. The first-order valence-corrected chi connectivity index (χ1v) is 8.24. The Morgan fingerprint density at radius 2 is 1.96 bits per heavy atom. The number of amides is 1. The van der Waals surface area contributed by atoms with E-state index in [0.717, 1.165) is 22.8 Å². The van der Waals surface area contributed by atoms with Crippen molar-refractivity contribution in [1.29, 1.82) is 0 Å². The molecule has 0 aromatic heterocycles. The van der Waals surface area contributed by atoms with Gasteiger partial charge in [-0.3, -0.25) is 4.79 Å². The van der Waals surface area contributed by atoms with Gasteiger partial charge in [-0.2, -0.15) is 0 Å². The van der Waals surface area contributed by atoms with Gasteiger partial charge in [0.25, 0.3) is 0 Å². The fourth-order valence-corrected chi connectivity index (χ4v) is 2.99. The van der Waals surface area contributed by atoms with Crippen molar-refractivity contribution in [1.82, 2.24) is 5.32 Å². The van der Waals surface area contributed by atoms with Crippen molar-refractivity contribution in [3.63, 3.8) is 0 Å². The lowest BCUT2D eigenvalue weighted by Gasteiger charge is -2.08. The van der Waals surface area contributed by atoms with Crippen LogP contribution in [-0.2, 0) is 4.79 Å². The normalized spacial score (nSPS) is 19.2. The molecular formula is C19H20ClNO2. The van der Waals surface area contributed by atoms with Crippen LogP contribution in [0.1, 0.15) is 23.5 Å². The molecule has 0 saturated heterocycles. The minimum Gasteiger partial charge on any atom is -0.492 e. The largest absolute Gasteiger partial charge is 0.492 e. The van der Waals surface area contributed by atoms with Crippen molar-refractivity contribution >= 4 is 17.5 Å². The summed E-state index contributed by atoms with van der Waals surface area (Å²) in [6.45, 7) is 3.02. The highest BCUT2D eigenvalue weighted by atomic mass is 35.5. The van der Waals surface area contributed by atoms with E-state index in [1.807, 2.05) is 55.5 Å². The molecule has 2 atom stereocenters. The third-order valence-corrected chi connectivity index (χ3v) is 4.47. The van der Waals surface area contributed by atoms with Gasteiger partial charge in [0.1, 0.15) is 12.4 Å². The van der Waals surface area contributed by atoms with Crippen LogP contribution in [0.15, 0.2) is 48.5 Å². The summed E-state index contributed by atoms with van der Waals surface area (Å²) in [5.74, 6) is 1.20. The summed E-state index contributed by atoms with van der Waals surface area (Å²) >= 11 is 6.18. The lowest BCUT2D eigenvalue weighted by Crippen LogP contribution is -2.29. The number of benzene rings is 2. The second kappa shape index (κ2) is 7.05. The quantitative estimate of drug-likeness (QED) is 0.815. The first kappa shape index (κ1) is 15.9. The molecule has 120 valence electrons. The van der Waals surface area contributed by atoms with E-state index in [2.05, 4.69) is 5.32 Å².